The number of fused-ring (bicyclic) bond motifs is 2. The van der Waals surface area contributed by atoms with E-state index in [1.54, 1.807) is 12.4 Å². The van der Waals surface area contributed by atoms with Crippen molar-refractivity contribution in [1.29, 1.82) is 0 Å². The molecular formula is C22H25N7O. The second-order valence-electron chi connectivity index (χ2n) is 7.88. The van der Waals surface area contributed by atoms with Crippen LogP contribution in [0.4, 0.5) is 5.95 Å². The number of imidazole rings is 1. The molecule has 0 amide bonds. The van der Waals surface area contributed by atoms with Gasteiger partial charge in [-0.25, -0.2) is 9.67 Å². The number of hydrogen-bond donors (Lipinski definition) is 1. The number of benzene rings is 1. The van der Waals surface area contributed by atoms with E-state index < -0.39 is 0 Å². The second kappa shape index (κ2) is 7.53. The van der Waals surface area contributed by atoms with Crippen molar-refractivity contribution in [2.45, 2.75) is 38.9 Å². The van der Waals surface area contributed by atoms with Crippen LogP contribution in [0.5, 0.6) is 0 Å². The number of nitrogens with two attached hydrogens (primary N) is 1. The van der Waals surface area contributed by atoms with Crippen molar-refractivity contribution in [3.63, 3.8) is 0 Å². The minimum absolute atomic E-state index is 0.137. The molecule has 1 aromatic carbocycles. The van der Waals surface area contributed by atoms with Gasteiger partial charge in [-0.1, -0.05) is 18.2 Å². The lowest BCUT2D eigenvalue weighted by atomic mass is 10.1. The van der Waals surface area contributed by atoms with Gasteiger partial charge in [-0.05, 0) is 37.5 Å². The van der Waals surface area contributed by atoms with E-state index in [4.69, 9.17) is 10.7 Å². The maximum Gasteiger partial charge on any atom is 0.293 e. The first-order chi connectivity index (χ1) is 14.6. The molecule has 0 aliphatic carbocycles. The van der Waals surface area contributed by atoms with Gasteiger partial charge in [-0.15, -0.1) is 0 Å². The lowest BCUT2D eigenvalue weighted by molar-refractivity contribution is 0.494. The van der Waals surface area contributed by atoms with Crippen LogP contribution >= 0.6 is 0 Å². The summed E-state index contributed by atoms with van der Waals surface area (Å²) in [7, 11) is 0. The summed E-state index contributed by atoms with van der Waals surface area (Å²) in [5.74, 6) is 0.812. The topological polar surface area (TPSA) is 94.9 Å². The van der Waals surface area contributed by atoms with E-state index in [2.05, 4.69) is 21.0 Å². The highest BCUT2D eigenvalue weighted by molar-refractivity contribution is 5.79. The molecule has 8 heteroatoms. The summed E-state index contributed by atoms with van der Waals surface area (Å²) in [6, 6.07) is 10.1. The van der Waals surface area contributed by atoms with Crippen LogP contribution in [0.25, 0.3) is 21.9 Å². The number of nitrogens with zero attached hydrogens (tertiary/aromatic N) is 6. The fourth-order valence-electron chi connectivity index (χ4n) is 4.29. The first-order valence-corrected chi connectivity index (χ1v) is 10.4. The lowest BCUT2D eigenvalue weighted by Crippen LogP contribution is -2.44. The molecule has 1 atom stereocenters. The fraction of sp³-hybridized carbons (Fsp3) is 0.364. The van der Waals surface area contributed by atoms with Gasteiger partial charge in [0.05, 0.1) is 18.3 Å². The maximum atomic E-state index is 13.3. The minimum atomic E-state index is -0.137. The lowest BCUT2D eigenvalue weighted by Gasteiger charge is -2.31. The van der Waals surface area contributed by atoms with E-state index >= 15 is 0 Å². The number of piperidine rings is 1. The number of pyridine rings is 1. The van der Waals surface area contributed by atoms with Gasteiger partial charge in [0.1, 0.15) is 11.0 Å². The Labute approximate surface area is 174 Å². The molecule has 4 aromatic rings. The number of hydrogen-bond acceptors (Lipinski definition) is 6. The molecule has 8 nitrogen and oxygen atoms in total. The first-order valence-electron chi connectivity index (χ1n) is 10.4. The Hall–Kier alpha value is -3.26. The first kappa shape index (κ1) is 18.7. The molecule has 0 bridgehead atoms. The van der Waals surface area contributed by atoms with Crippen LogP contribution in [-0.2, 0) is 13.1 Å². The normalized spacial score (nSPS) is 17.1. The molecule has 0 spiro atoms. The largest absolute Gasteiger partial charge is 0.341 e. The Bertz CT molecular complexity index is 1280. The number of aromatic nitrogens is 5. The zero-order valence-electron chi connectivity index (χ0n) is 17.0. The molecular weight excluding hydrogens is 378 g/mol. The molecule has 2 N–H and O–H groups in total. The van der Waals surface area contributed by atoms with E-state index in [-0.39, 0.29) is 11.6 Å². The third-order valence-corrected chi connectivity index (χ3v) is 5.77. The second-order valence-corrected chi connectivity index (χ2v) is 7.88. The van der Waals surface area contributed by atoms with E-state index in [1.165, 1.54) is 4.68 Å². The van der Waals surface area contributed by atoms with Crippen LogP contribution in [0.3, 0.4) is 0 Å². The van der Waals surface area contributed by atoms with E-state index in [0.717, 1.165) is 48.3 Å². The van der Waals surface area contributed by atoms with Gasteiger partial charge in [0.25, 0.3) is 5.56 Å². The van der Waals surface area contributed by atoms with Gasteiger partial charge in [0.15, 0.2) is 0 Å². The predicted molar refractivity (Wildman–Crippen MR) is 118 cm³/mol. The smallest absolute Gasteiger partial charge is 0.293 e. The van der Waals surface area contributed by atoms with Crippen LogP contribution in [0.1, 0.15) is 25.3 Å². The quantitative estimate of drug-likeness (QED) is 0.561. The van der Waals surface area contributed by atoms with Gasteiger partial charge in [0.2, 0.25) is 5.95 Å². The van der Waals surface area contributed by atoms with Crippen molar-refractivity contribution in [2.75, 3.05) is 18.0 Å². The molecule has 1 aliphatic heterocycles. The van der Waals surface area contributed by atoms with Crippen molar-refractivity contribution >= 4 is 27.9 Å². The molecule has 30 heavy (non-hydrogen) atoms. The summed E-state index contributed by atoms with van der Waals surface area (Å²) in [5, 5.41) is 5.44. The molecule has 1 aliphatic rings. The molecule has 1 fully saturated rings. The molecule has 4 heterocycles. The Morgan fingerprint density at radius 1 is 1.20 bits per heavy atom. The van der Waals surface area contributed by atoms with Crippen molar-refractivity contribution < 1.29 is 0 Å². The molecule has 5 rings (SSSR count). The predicted octanol–water partition coefficient (Wildman–Crippen LogP) is 2.14. The van der Waals surface area contributed by atoms with E-state index in [1.807, 2.05) is 35.8 Å². The van der Waals surface area contributed by atoms with E-state index in [0.29, 0.717) is 24.1 Å². The standard InChI is InChI=1S/C22H25N7O/c1-2-28-20-19(26-22(28)27-9-5-7-17(23)14-27)12-25-29(21(20)30)13-15-10-16-6-3-4-8-18(16)24-11-15/h3-4,6,8,10-12,17H,2,5,7,9,13-14,23H2,1H3/t17-/m1/s1. The van der Waals surface area contributed by atoms with Crippen molar-refractivity contribution in [1.82, 2.24) is 24.3 Å². The summed E-state index contributed by atoms with van der Waals surface area (Å²) >= 11 is 0. The molecule has 3 aromatic heterocycles. The highest BCUT2D eigenvalue weighted by Crippen LogP contribution is 2.23. The van der Waals surface area contributed by atoms with Crippen molar-refractivity contribution in [2.24, 2.45) is 5.73 Å². The summed E-state index contributed by atoms with van der Waals surface area (Å²) in [6.45, 7) is 4.72. The summed E-state index contributed by atoms with van der Waals surface area (Å²) < 4.78 is 3.49. The molecule has 0 saturated carbocycles. The van der Waals surface area contributed by atoms with Crippen LogP contribution in [0.2, 0.25) is 0 Å². The fourth-order valence-corrected chi connectivity index (χ4v) is 4.29. The zero-order chi connectivity index (χ0) is 20.7. The van der Waals surface area contributed by atoms with Gasteiger partial charge in [-0.3, -0.25) is 9.78 Å². The Morgan fingerprint density at radius 2 is 2.07 bits per heavy atom. The Kier molecular flexibility index (Phi) is 4.71. The van der Waals surface area contributed by atoms with Gasteiger partial charge in [-0.2, -0.15) is 5.10 Å². The van der Waals surface area contributed by atoms with Gasteiger partial charge < -0.3 is 15.2 Å². The van der Waals surface area contributed by atoms with Crippen molar-refractivity contribution in [3.8, 4) is 0 Å². The SMILES string of the molecule is CCn1c(N2CCC[C@@H](N)C2)nc2cnn(Cc3cnc4ccccc4c3)c(=O)c21. The van der Waals surface area contributed by atoms with E-state index in [9.17, 15) is 4.79 Å². The monoisotopic (exact) mass is 403 g/mol. The Balaban J connectivity index is 1.55. The number of anilines is 1. The molecule has 1 saturated heterocycles. The summed E-state index contributed by atoms with van der Waals surface area (Å²) in [5.41, 5.74) is 9.12. The van der Waals surface area contributed by atoms with Crippen LogP contribution in [0, 0.1) is 0 Å². The number of aryl methyl sites for hydroxylation is 1. The average Bonchev–Trinajstić information content (AvgIpc) is 3.15. The third kappa shape index (κ3) is 3.23. The van der Waals surface area contributed by atoms with Crippen LogP contribution < -0.4 is 16.2 Å². The zero-order valence-corrected chi connectivity index (χ0v) is 17.0. The number of rotatable bonds is 4. The molecule has 0 unspecified atom stereocenters. The molecule has 154 valence electrons. The third-order valence-electron chi connectivity index (χ3n) is 5.77. The Morgan fingerprint density at radius 3 is 2.90 bits per heavy atom. The van der Waals surface area contributed by atoms with Gasteiger partial charge in [0, 0.05) is 37.3 Å². The highest BCUT2D eigenvalue weighted by Gasteiger charge is 2.24. The van der Waals surface area contributed by atoms with Gasteiger partial charge >= 0.3 is 0 Å². The highest BCUT2D eigenvalue weighted by atomic mass is 16.1. The molecule has 0 radical (unpaired) electrons. The van der Waals surface area contributed by atoms with Crippen LogP contribution in [0.15, 0.2) is 47.5 Å². The average molecular weight is 403 g/mol. The summed E-state index contributed by atoms with van der Waals surface area (Å²) in [6.07, 6.45) is 5.55. The maximum absolute atomic E-state index is 13.3. The minimum Gasteiger partial charge on any atom is -0.341 e. The van der Waals surface area contributed by atoms with Crippen molar-refractivity contribution in [3.05, 3.63) is 58.6 Å². The number of para-hydroxylation sites is 1. The summed E-state index contributed by atoms with van der Waals surface area (Å²) in [4.78, 5) is 24.7. The van der Waals surface area contributed by atoms with Crippen LogP contribution in [-0.4, -0.2) is 43.4 Å².